The molecular formula is C12H18ClNO. The maximum absolute atomic E-state index is 9.79. The third-order valence-corrected chi connectivity index (χ3v) is 2.54. The van der Waals surface area contributed by atoms with Crippen molar-refractivity contribution in [2.24, 2.45) is 5.73 Å². The van der Waals surface area contributed by atoms with Gasteiger partial charge in [0.05, 0.1) is 5.02 Å². The number of rotatable bonds is 3. The molecule has 84 valence electrons. The third-order valence-electron chi connectivity index (χ3n) is 2.26. The molecule has 0 aliphatic rings. The molecule has 0 aliphatic heterocycles. The van der Waals surface area contributed by atoms with Gasteiger partial charge in [-0.3, -0.25) is 0 Å². The molecule has 0 bridgehead atoms. The van der Waals surface area contributed by atoms with E-state index < -0.39 is 0 Å². The van der Waals surface area contributed by atoms with Gasteiger partial charge >= 0.3 is 0 Å². The van der Waals surface area contributed by atoms with Gasteiger partial charge in [-0.15, -0.1) is 0 Å². The molecule has 1 rings (SSSR count). The summed E-state index contributed by atoms with van der Waals surface area (Å²) in [5.41, 5.74) is 7.53. The first-order valence-electron chi connectivity index (χ1n) is 5.12. The predicted molar refractivity (Wildman–Crippen MR) is 64.5 cm³/mol. The first-order valence-corrected chi connectivity index (χ1v) is 5.50. The average molecular weight is 228 g/mol. The van der Waals surface area contributed by atoms with Crippen LogP contribution in [0.25, 0.3) is 0 Å². The molecule has 15 heavy (non-hydrogen) atoms. The van der Waals surface area contributed by atoms with E-state index in [0.29, 0.717) is 11.4 Å². The van der Waals surface area contributed by atoms with Crippen LogP contribution < -0.4 is 5.73 Å². The van der Waals surface area contributed by atoms with Gasteiger partial charge in [-0.1, -0.05) is 24.6 Å². The fourth-order valence-electron chi connectivity index (χ4n) is 1.55. The van der Waals surface area contributed by atoms with E-state index in [1.807, 2.05) is 19.9 Å². The van der Waals surface area contributed by atoms with Crippen molar-refractivity contribution in [2.45, 2.75) is 39.2 Å². The van der Waals surface area contributed by atoms with Crippen LogP contribution in [-0.2, 0) is 12.8 Å². The van der Waals surface area contributed by atoms with Gasteiger partial charge in [-0.2, -0.15) is 0 Å². The summed E-state index contributed by atoms with van der Waals surface area (Å²) in [6.07, 6.45) is 1.52. The summed E-state index contributed by atoms with van der Waals surface area (Å²) in [5, 5.41) is 10.2. The highest BCUT2D eigenvalue weighted by atomic mass is 35.5. The van der Waals surface area contributed by atoms with E-state index in [-0.39, 0.29) is 11.3 Å². The van der Waals surface area contributed by atoms with E-state index in [1.165, 1.54) is 0 Å². The molecule has 0 aliphatic carbocycles. The lowest BCUT2D eigenvalue weighted by molar-refractivity contribution is 0.450. The zero-order chi connectivity index (χ0) is 11.6. The number of aryl methyl sites for hydroxylation is 1. The lowest BCUT2D eigenvalue weighted by Crippen LogP contribution is -2.34. The van der Waals surface area contributed by atoms with Crippen LogP contribution in [0.5, 0.6) is 5.75 Å². The van der Waals surface area contributed by atoms with E-state index >= 15 is 0 Å². The second kappa shape index (κ2) is 4.42. The molecule has 0 saturated carbocycles. The number of hydrogen-bond donors (Lipinski definition) is 2. The van der Waals surface area contributed by atoms with Crippen molar-refractivity contribution in [1.29, 1.82) is 0 Å². The Morgan fingerprint density at radius 3 is 2.47 bits per heavy atom. The molecule has 3 N–H and O–H groups in total. The van der Waals surface area contributed by atoms with Crippen LogP contribution in [0.15, 0.2) is 12.1 Å². The second-order valence-electron chi connectivity index (χ2n) is 4.60. The van der Waals surface area contributed by atoms with Crippen LogP contribution in [-0.4, -0.2) is 10.6 Å². The van der Waals surface area contributed by atoms with Gasteiger partial charge in [0.25, 0.3) is 0 Å². The van der Waals surface area contributed by atoms with Crippen molar-refractivity contribution in [3.8, 4) is 5.75 Å². The van der Waals surface area contributed by atoms with Gasteiger partial charge in [-0.25, -0.2) is 0 Å². The molecule has 0 unspecified atom stereocenters. The number of phenols is 1. The van der Waals surface area contributed by atoms with Crippen molar-refractivity contribution < 1.29 is 5.11 Å². The molecular weight excluding hydrogens is 210 g/mol. The van der Waals surface area contributed by atoms with Crippen LogP contribution in [0.4, 0.5) is 0 Å². The van der Waals surface area contributed by atoms with E-state index in [1.54, 1.807) is 6.07 Å². The van der Waals surface area contributed by atoms with Crippen molar-refractivity contribution in [1.82, 2.24) is 0 Å². The van der Waals surface area contributed by atoms with Gasteiger partial charge in [0.15, 0.2) is 0 Å². The molecule has 0 aromatic heterocycles. The molecule has 1 aromatic rings. The van der Waals surface area contributed by atoms with Gasteiger partial charge in [0, 0.05) is 5.54 Å². The first kappa shape index (κ1) is 12.3. The minimum absolute atomic E-state index is 0.160. The Balaban J connectivity index is 3.11. The maximum atomic E-state index is 9.79. The quantitative estimate of drug-likeness (QED) is 0.834. The molecule has 0 heterocycles. The number of benzene rings is 1. The molecule has 0 radical (unpaired) electrons. The minimum atomic E-state index is -0.340. The Kier molecular flexibility index (Phi) is 3.63. The summed E-state index contributed by atoms with van der Waals surface area (Å²) in [6.45, 7) is 5.91. The second-order valence-corrected chi connectivity index (χ2v) is 5.01. The fourth-order valence-corrected chi connectivity index (χ4v) is 1.81. The van der Waals surface area contributed by atoms with Crippen LogP contribution in [0.1, 0.15) is 31.9 Å². The van der Waals surface area contributed by atoms with Crippen LogP contribution in [0, 0.1) is 0 Å². The molecule has 0 saturated heterocycles. The monoisotopic (exact) mass is 227 g/mol. The fraction of sp³-hybridized carbons (Fsp3) is 0.500. The smallest absolute Gasteiger partial charge is 0.137 e. The summed E-state index contributed by atoms with van der Waals surface area (Å²) in [5.74, 6) is 0.160. The number of phenolic OH excluding ortho intramolecular Hbond substituents is 1. The normalized spacial score (nSPS) is 11.8. The molecule has 0 spiro atoms. The lowest BCUT2D eigenvalue weighted by atomic mass is 9.94. The minimum Gasteiger partial charge on any atom is -0.506 e. The summed E-state index contributed by atoms with van der Waals surface area (Å²) < 4.78 is 0. The highest BCUT2D eigenvalue weighted by Gasteiger charge is 2.16. The molecule has 1 aromatic carbocycles. The predicted octanol–water partition coefficient (Wildman–Crippen LogP) is 2.89. The van der Waals surface area contributed by atoms with Gasteiger partial charge in [0.2, 0.25) is 0 Å². The van der Waals surface area contributed by atoms with Gasteiger partial charge < -0.3 is 10.8 Å². The maximum Gasteiger partial charge on any atom is 0.137 e. The topological polar surface area (TPSA) is 46.2 Å². The zero-order valence-electron chi connectivity index (χ0n) is 9.47. The van der Waals surface area contributed by atoms with Crippen molar-refractivity contribution in [2.75, 3.05) is 0 Å². The summed E-state index contributed by atoms with van der Waals surface area (Å²) in [7, 11) is 0. The molecule has 0 atom stereocenters. The summed E-state index contributed by atoms with van der Waals surface area (Å²) in [6, 6.07) is 3.76. The zero-order valence-corrected chi connectivity index (χ0v) is 10.2. The van der Waals surface area contributed by atoms with E-state index in [4.69, 9.17) is 17.3 Å². The number of nitrogens with two attached hydrogens (primary N) is 1. The first-order chi connectivity index (χ1) is 6.83. The Labute approximate surface area is 96.1 Å². The SMILES string of the molecule is CCc1cc(Cl)c(O)c(CC(C)(C)N)c1. The van der Waals surface area contributed by atoms with Crippen molar-refractivity contribution in [3.63, 3.8) is 0 Å². The Morgan fingerprint density at radius 2 is 2.00 bits per heavy atom. The number of aromatic hydroxyl groups is 1. The van der Waals surface area contributed by atoms with Crippen molar-refractivity contribution >= 4 is 11.6 Å². The van der Waals surface area contributed by atoms with Crippen LogP contribution in [0.3, 0.4) is 0 Å². The molecule has 0 fully saturated rings. The summed E-state index contributed by atoms with van der Waals surface area (Å²) in [4.78, 5) is 0. The third kappa shape index (κ3) is 3.40. The number of halogens is 1. The Bertz CT molecular complexity index is 355. The van der Waals surface area contributed by atoms with E-state index in [9.17, 15) is 5.11 Å². The Morgan fingerprint density at radius 1 is 1.40 bits per heavy atom. The molecule has 0 amide bonds. The molecule has 3 heteroatoms. The summed E-state index contributed by atoms with van der Waals surface area (Å²) >= 11 is 5.94. The van der Waals surface area contributed by atoms with Crippen molar-refractivity contribution in [3.05, 3.63) is 28.3 Å². The van der Waals surface area contributed by atoms with Gasteiger partial charge in [0.1, 0.15) is 5.75 Å². The highest BCUT2D eigenvalue weighted by Crippen LogP contribution is 2.31. The average Bonchev–Trinajstić information content (AvgIpc) is 2.10. The Hall–Kier alpha value is -0.730. The number of hydrogen-bond acceptors (Lipinski definition) is 2. The highest BCUT2D eigenvalue weighted by molar-refractivity contribution is 6.32. The molecule has 2 nitrogen and oxygen atoms in total. The van der Waals surface area contributed by atoms with Crippen LogP contribution >= 0.6 is 11.6 Å². The largest absolute Gasteiger partial charge is 0.506 e. The van der Waals surface area contributed by atoms with Crippen LogP contribution in [0.2, 0.25) is 5.02 Å². The lowest BCUT2D eigenvalue weighted by Gasteiger charge is -2.20. The standard InChI is InChI=1S/C12H18ClNO/c1-4-8-5-9(7-12(2,3)14)11(15)10(13)6-8/h5-6,15H,4,7,14H2,1-3H3. The van der Waals surface area contributed by atoms with Gasteiger partial charge in [-0.05, 0) is 43.9 Å². The van der Waals surface area contributed by atoms with E-state index in [0.717, 1.165) is 17.5 Å². The van der Waals surface area contributed by atoms with E-state index in [2.05, 4.69) is 6.92 Å².